The minimum atomic E-state index is -0.134. The molecule has 0 radical (unpaired) electrons. The minimum absolute atomic E-state index is 0.00638. The lowest BCUT2D eigenvalue weighted by Gasteiger charge is -2.08. The standard InChI is InChI=1S/C20H23NO3/c1-15-8-9-16(2)18(14-15)19(22)10-11-20(23)21-12-13-24-17-6-4-3-5-7-17/h3-9,14H,10-13H2,1-2H3,(H,21,23). The van der Waals surface area contributed by atoms with Gasteiger partial charge in [-0.3, -0.25) is 9.59 Å². The number of rotatable bonds is 8. The van der Waals surface area contributed by atoms with E-state index in [1.807, 2.05) is 62.4 Å². The van der Waals surface area contributed by atoms with Crippen molar-refractivity contribution in [3.05, 3.63) is 65.2 Å². The highest BCUT2D eigenvalue weighted by Crippen LogP contribution is 2.13. The Labute approximate surface area is 142 Å². The van der Waals surface area contributed by atoms with E-state index in [0.29, 0.717) is 18.7 Å². The van der Waals surface area contributed by atoms with Crippen LogP contribution in [0.1, 0.15) is 34.3 Å². The van der Waals surface area contributed by atoms with Gasteiger partial charge in [0.2, 0.25) is 5.91 Å². The van der Waals surface area contributed by atoms with Gasteiger partial charge in [0.25, 0.3) is 0 Å². The Morgan fingerprint density at radius 3 is 2.50 bits per heavy atom. The zero-order chi connectivity index (χ0) is 17.4. The first-order chi connectivity index (χ1) is 11.6. The number of para-hydroxylation sites is 1. The van der Waals surface area contributed by atoms with Gasteiger partial charge in [-0.25, -0.2) is 0 Å². The summed E-state index contributed by atoms with van der Waals surface area (Å²) in [5, 5.41) is 2.77. The summed E-state index contributed by atoms with van der Waals surface area (Å²) in [4.78, 5) is 24.1. The summed E-state index contributed by atoms with van der Waals surface area (Å²) >= 11 is 0. The van der Waals surface area contributed by atoms with Gasteiger partial charge in [-0.15, -0.1) is 0 Å². The third kappa shape index (κ3) is 5.54. The maximum absolute atomic E-state index is 12.2. The first kappa shape index (κ1) is 17.7. The van der Waals surface area contributed by atoms with Crippen LogP contribution in [0.3, 0.4) is 0 Å². The molecule has 2 aromatic rings. The fourth-order valence-corrected chi connectivity index (χ4v) is 2.36. The molecule has 4 heteroatoms. The van der Waals surface area contributed by atoms with Crippen LogP contribution in [0.15, 0.2) is 48.5 Å². The molecular weight excluding hydrogens is 302 g/mol. The molecule has 126 valence electrons. The van der Waals surface area contributed by atoms with E-state index in [2.05, 4.69) is 5.32 Å². The number of ketones is 1. The van der Waals surface area contributed by atoms with Gasteiger partial charge in [0.1, 0.15) is 12.4 Å². The van der Waals surface area contributed by atoms with Crippen LogP contribution in [0, 0.1) is 13.8 Å². The Kier molecular flexibility index (Phi) is 6.55. The van der Waals surface area contributed by atoms with Gasteiger partial charge < -0.3 is 10.1 Å². The monoisotopic (exact) mass is 325 g/mol. The third-order valence-corrected chi connectivity index (χ3v) is 3.71. The second-order valence-electron chi connectivity index (χ2n) is 5.75. The lowest BCUT2D eigenvalue weighted by Crippen LogP contribution is -2.28. The highest BCUT2D eigenvalue weighted by atomic mass is 16.5. The van der Waals surface area contributed by atoms with Crippen LogP contribution in [-0.4, -0.2) is 24.8 Å². The van der Waals surface area contributed by atoms with E-state index in [-0.39, 0.29) is 24.5 Å². The quantitative estimate of drug-likeness (QED) is 0.597. The fourth-order valence-electron chi connectivity index (χ4n) is 2.36. The van der Waals surface area contributed by atoms with E-state index >= 15 is 0 Å². The smallest absolute Gasteiger partial charge is 0.220 e. The minimum Gasteiger partial charge on any atom is -0.492 e. The van der Waals surface area contributed by atoms with Crippen molar-refractivity contribution in [2.24, 2.45) is 0 Å². The molecule has 4 nitrogen and oxygen atoms in total. The summed E-state index contributed by atoms with van der Waals surface area (Å²) in [6, 6.07) is 15.2. The molecule has 0 aliphatic heterocycles. The van der Waals surface area contributed by atoms with Crippen LogP contribution >= 0.6 is 0 Å². The molecule has 0 aliphatic carbocycles. The van der Waals surface area contributed by atoms with Crippen molar-refractivity contribution in [2.45, 2.75) is 26.7 Å². The van der Waals surface area contributed by atoms with E-state index in [9.17, 15) is 9.59 Å². The van der Waals surface area contributed by atoms with Gasteiger partial charge in [-0.2, -0.15) is 0 Å². The summed E-state index contributed by atoms with van der Waals surface area (Å²) in [6.07, 6.45) is 0.410. The second-order valence-corrected chi connectivity index (χ2v) is 5.75. The third-order valence-electron chi connectivity index (χ3n) is 3.71. The normalized spacial score (nSPS) is 10.2. The largest absolute Gasteiger partial charge is 0.492 e. The number of nitrogens with one attached hydrogen (secondary N) is 1. The molecule has 1 N–H and O–H groups in total. The molecule has 0 spiro atoms. The molecular formula is C20H23NO3. The molecule has 0 bridgehead atoms. The van der Waals surface area contributed by atoms with Crippen molar-refractivity contribution >= 4 is 11.7 Å². The van der Waals surface area contributed by atoms with Gasteiger partial charge in [0.05, 0.1) is 6.54 Å². The fraction of sp³-hybridized carbons (Fsp3) is 0.300. The number of benzene rings is 2. The SMILES string of the molecule is Cc1ccc(C)c(C(=O)CCC(=O)NCCOc2ccccc2)c1. The Morgan fingerprint density at radius 2 is 1.75 bits per heavy atom. The Morgan fingerprint density at radius 1 is 1.00 bits per heavy atom. The van der Waals surface area contributed by atoms with E-state index in [1.165, 1.54) is 0 Å². The van der Waals surface area contributed by atoms with Gasteiger partial charge in [-0.1, -0.05) is 35.9 Å². The number of aryl methyl sites for hydroxylation is 2. The number of hydrogen-bond donors (Lipinski definition) is 1. The van der Waals surface area contributed by atoms with E-state index in [0.717, 1.165) is 16.9 Å². The number of ether oxygens (including phenoxy) is 1. The molecule has 2 aromatic carbocycles. The number of Topliss-reactive ketones (excluding diaryl/α,β-unsaturated/α-hetero) is 1. The van der Waals surface area contributed by atoms with Crippen molar-refractivity contribution in [1.29, 1.82) is 0 Å². The molecule has 0 saturated heterocycles. The molecule has 0 aromatic heterocycles. The van der Waals surface area contributed by atoms with Crippen LogP contribution in [0.5, 0.6) is 5.75 Å². The van der Waals surface area contributed by atoms with Crippen LogP contribution in [0.4, 0.5) is 0 Å². The second kappa shape index (κ2) is 8.87. The van der Waals surface area contributed by atoms with E-state index in [4.69, 9.17) is 4.74 Å². The molecule has 0 aliphatic rings. The summed E-state index contributed by atoms with van der Waals surface area (Å²) < 4.78 is 5.50. The average molecular weight is 325 g/mol. The van der Waals surface area contributed by atoms with Crippen LogP contribution in [-0.2, 0) is 4.79 Å². The van der Waals surface area contributed by atoms with Crippen LogP contribution < -0.4 is 10.1 Å². The topological polar surface area (TPSA) is 55.4 Å². The molecule has 0 fully saturated rings. The number of carbonyl (C=O) groups excluding carboxylic acids is 2. The predicted octanol–water partition coefficient (Wildman–Crippen LogP) is 3.46. The van der Waals surface area contributed by atoms with Crippen LogP contribution in [0.25, 0.3) is 0 Å². The van der Waals surface area contributed by atoms with E-state index < -0.39 is 0 Å². The Balaban J connectivity index is 1.69. The highest BCUT2D eigenvalue weighted by Gasteiger charge is 2.11. The molecule has 0 saturated carbocycles. The average Bonchev–Trinajstić information content (AvgIpc) is 2.59. The maximum atomic E-state index is 12.2. The summed E-state index contributed by atoms with van der Waals surface area (Å²) in [5.41, 5.74) is 2.70. The summed E-state index contributed by atoms with van der Waals surface area (Å²) in [5.74, 6) is 0.647. The molecule has 0 unspecified atom stereocenters. The Bertz CT molecular complexity index is 695. The first-order valence-electron chi connectivity index (χ1n) is 8.11. The van der Waals surface area contributed by atoms with Crippen molar-refractivity contribution < 1.29 is 14.3 Å². The summed E-state index contributed by atoms with van der Waals surface area (Å²) in [7, 11) is 0. The Hall–Kier alpha value is -2.62. The van der Waals surface area contributed by atoms with Crippen LogP contribution in [0.2, 0.25) is 0 Å². The number of amides is 1. The van der Waals surface area contributed by atoms with Gasteiger partial charge >= 0.3 is 0 Å². The number of hydrogen-bond acceptors (Lipinski definition) is 3. The zero-order valence-electron chi connectivity index (χ0n) is 14.2. The van der Waals surface area contributed by atoms with Crippen molar-refractivity contribution in [3.63, 3.8) is 0 Å². The summed E-state index contributed by atoms with van der Waals surface area (Å²) in [6.45, 7) is 4.69. The molecule has 24 heavy (non-hydrogen) atoms. The lowest BCUT2D eigenvalue weighted by molar-refractivity contribution is -0.121. The van der Waals surface area contributed by atoms with Crippen molar-refractivity contribution in [2.75, 3.05) is 13.2 Å². The van der Waals surface area contributed by atoms with Gasteiger partial charge in [0, 0.05) is 18.4 Å². The van der Waals surface area contributed by atoms with Gasteiger partial charge in [-0.05, 0) is 37.6 Å². The predicted molar refractivity (Wildman–Crippen MR) is 94.4 cm³/mol. The molecule has 0 heterocycles. The lowest BCUT2D eigenvalue weighted by atomic mass is 9.99. The molecule has 0 atom stereocenters. The maximum Gasteiger partial charge on any atom is 0.220 e. The molecule has 2 rings (SSSR count). The number of carbonyl (C=O) groups is 2. The first-order valence-corrected chi connectivity index (χ1v) is 8.11. The van der Waals surface area contributed by atoms with E-state index in [1.54, 1.807) is 0 Å². The highest BCUT2D eigenvalue weighted by molar-refractivity contribution is 5.99. The van der Waals surface area contributed by atoms with Crippen molar-refractivity contribution in [1.82, 2.24) is 5.32 Å². The zero-order valence-corrected chi connectivity index (χ0v) is 14.2. The molecule has 1 amide bonds. The van der Waals surface area contributed by atoms with Crippen molar-refractivity contribution in [3.8, 4) is 5.75 Å². The van der Waals surface area contributed by atoms with Gasteiger partial charge in [0.15, 0.2) is 5.78 Å².